The summed E-state index contributed by atoms with van der Waals surface area (Å²) in [5.74, 6) is 0. The number of aryl methyl sites for hydroxylation is 1. The lowest BCUT2D eigenvalue weighted by atomic mass is 9.81. The molecule has 0 fully saturated rings. The molecule has 0 amide bonds. The summed E-state index contributed by atoms with van der Waals surface area (Å²) in [6.07, 6.45) is 13.9. The highest BCUT2D eigenvalue weighted by molar-refractivity contribution is 9.10. The van der Waals surface area contributed by atoms with E-state index in [2.05, 4.69) is 107 Å². The second-order valence-electron chi connectivity index (χ2n) is 10.4. The molecule has 8 rings (SSSR count). The molecule has 0 aliphatic heterocycles. The van der Waals surface area contributed by atoms with Crippen molar-refractivity contribution >= 4 is 60.8 Å². The fraction of sp³-hybridized carbons (Fsp3) is 0.111. The Labute approximate surface area is 230 Å². The van der Waals surface area contributed by atoms with E-state index in [1.165, 1.54) is 55.3 Å². The lowest BCUT2D eigenvalue weighted by molar-refractivity contribution is 0.669. The molecule has 1 nitrogen and oxygen atoms in total. The van der Waals surface area contributed by atoms with Crippen molar-refractivity contribution in [2.24, 2.45) is 0 Å². The second kappa shape index (κ2) is 8.58. The fourth-order valence-electron chi connectivity index (χ4n) is 6.45. The van der Waals surface area contributed by atoms with Crippen molar-refractivity contribution in [1.29, 1.82) is 0 Å². The quantitative estimate of drug-likeness (QED) is 0.208. The molecule has 1 heterocycles. The molecular weight excluding hydrogens is 528 g/mol. The van der Waals surface area contributed by atoms with Crippen LogP contribution in [0.25, 0.3) is 67.1 Å². The summed E-state index contributed by atoms with van der Waals surface area (Å²) in [6.45, 7) is 0. The number of fused-ring (bicyclic) bond motifs is 9. The summed E-state index contributed by atoms with van der Waals surface area (Å²) in [7, 11) is 0. The van der Waals surface area contributed by atoms with Gasteiger partial charge >= 0.3 is 0 Å². The van der Waals surface area contributed by atoms with Crippen molar-refractivity contribution in [3.63, 3.8) is 0 Å². The van der Waals surface area contributed by atoms with Gasteiger partial charge in [-0.2, -0.15) is 0 Å². The molecule has 5 aromatic carbocycles. The van der Waals surface area contributed by atoms with Gasteiger partial charge in [0.2, 0.25) is 0 Å². The van der Waals surface area contributed by atoms with Gasteiger partial charge in [-0.1, -0.05) is 88.8 Å². The van der Waals surface area contributed by atoms with Gasteiger partial charge in [-0.25, -0.2) is 0 Å². The Balaban J connectivity index is 1.21. The Bertz CT molecular complexity index is 1970. The van der Waals surface area contributed by atoms with Gasteiger partial charge in [0, 0.05) is 15.2 Å². The first kappa shape index (κ1) is 22.1. The maximum atomic E-state index is 6.07. The third kappa shape index (κ3) is 3.37. The fourth-order valence-corrected chi connectivity index (χ4v) is 7.01. The Morgan fingerprint density at radius 3 is 2.00 bits per heavy atom. The molecule has 0 unspecified atom stereocenters. The van der Waals surface area contributed by atoms with Crippen LogP contribution in [0.1, 0.15) is 35.1 Å². The summed E-state index contributed by atoms with van der Waals surface area (Å²) >= 11 is 3.71. The van der Waals surface area contributed by atoms with Gasteiger partial charge in [-0.05, 0) is 111 Å². The molecule has 0 N–H and O–H groups in total. The molecule has 0 saturated heterocycles. The van der Waals surface area contributed by atoms with E-state index in [1.807, 2.05) is 12.1 Å². The lowest BCUT2D eigenvalue weighted by Crippen LogP contribution is -2.06. The summed E-state index contributed by atoms with van der Waals surface area (Å²) in [4.78, 5) is 0. The SMILES string of the molecule is Brc1cccc2oc3ccc(-c4ccc(-c5ccc6c7c(c8c(c6c5)C=CCC8)C=CCC7)cc4)cc3c12. The number of hydrogen-bond acceptors (Lipinski definition) is 1. The van der Waals surface area contributed by atoms with E-state index >= 15 is 0 Å². The van der Waals surface area contributed by atoms with Crippen LogP contribution in [-0.2, 0) is 12.8 Å². The normalized spacial score (nSPS) is 14.3. The monoisotopic (exact) mass is 552 g/mol. The third-order valence-corrected chi connectivity index (χ3v) is 8.96. The number of allylic oxidation sites excluding steroid dienone is 2. The molecule has 1 aromatic heterocycles. The number of halogens is 1. The van der Waals surface area contributed by atoms with Crippen molar-refractivity contribution in [1.82, 2.24) is 0 Å². The Hall–Kier alpha value is -3.88. The van der Waals surface area contributed by atoms with Gasteiger partial charge < -0.3 is 4.42 Å². The van der Waals surface area contributed by atoms with Gasteiger partial charge in [0.15, 0.2) is 0 Å². The van der Waals surface area contributed by atoms with E-state index in [4.69, 9.17) is 4.42 Å². The predicted molar refractivity (Wildman–Crippen MR) is 165 cm³/mol. The Kier molecular flexibility index (Phi) is 5.00. The molecule has 0 saturated carbocycles. The largest absolute Gasteiger partial charge is 0.456 e. The summed E-state index contributed by atoms with van der Waals surface area (Å²) in [5.41, 5.74) is 12.7. The van der Waals surface area contributed by atoms with Crippen molar-refractivity contribution in [3.8, 4) is 22.3 Å². The number of furan rings is 1. The molecule has 0 bridgehead atoms. The molecular formula is C36H25BrO. The van der Waals surface area contributed by atoms with Crippen LogP contribution >= 0.6 is 15.9 Å². The molecule has 6 aromatic rings. The smallest absolute Gasteiger partial charge is 0.136 e. The average Bonchev–Trinajstić information content (AvgIpc) is 3.36. The summed E-state index contributed by atoms with van der Waals surface area (Å²) in [5, 5.41) is 5.09. The van der Waals surface area contributed by atoms with Gasteiger partial charge in [0.05, 0.1) is 0 Å². The average molecular weight is 553 g/mol. The molecule has 38 heavy (non-hydrogen) atoms. The van der Waals surface area contributed by atoms with Crippen LogP contribution in [0.2, 0.25) is 0 Å². The van der Waals surface area contributed by atoms with E-state index in [-0.39, 0.29) is 0 Å². The molecule has 0 atom stereocenters. The highest BCUT2D eigenvalue weighted by Gasteiger charge is 2.20. The maximum Gasteiger partial charge on any atom is 0.136 e. The zero-order valence-electron chi connectivity index (χ0n) is 20.9. The summed E-state index contributed by atoms with van der Waals surface area (Å²) < 4.78 is 7.13. The number of hydrogen-bond donors (Lipinski definition) is 0. The van der Waals surface area contributed by atoms with E-state index < -0.39 is 0 Å². The van der Waals surface area contributed by atoms with Crippen LogP contribution in [0, 0.1) is 0 Å². The van der Waals surface area contributed by atoms with Crippen LogP contribution in [0.15, 0.2) is 99.9 Å². The zero-order valence-corrected chi connectivity index (χ0v) is 22.5. The van der Waals surface area contributed by atoms with E-state index in [0.29, 0.717) is 0 Å². The minimum Gasteiger partial charge on any atom is -0.456 e. The summed E-state index contributed by atoms with van der Waals surface area (Å²) in [6, 6.07) is 28.7. The highest BCUT2D eigenvalue weighted by atomic mass is 79.9. The standard InChI is InChI=1S/C36H25BrO/c37-33-10-5-11-35-36(33)32-21-25(17-19-34(32)38-35)23-14-12-22(13-15-23)24-16-18-30-28-8-2-1-6-26(28)27-7-3-4-9-29(27)31(30)20-24/h1,4-6,9-21H,2-3,7-8H2. The number of rotatable bonds is 2. The van der Waals surface area contributed by atoms with Crippen molar-refractivity contribution < 1.29 is 4.42 Å². The van der Waals surface area contributed by atoms with Crippen LogP contribution in [0.5, 0.6) is 0 Å². The van der Waals surface area contributed by atoms with Crippen LogP contribution in [0.4, 0.5) is 0 Å². The van der Waals surface area contributed by atoms with Gasteiger partial charge in [0.1, 0.15) is 11.2 Å². The molecule has 2 aliphatic carbocycles. The minimum absolute atomic E-state index is 0.910. The van der Waals surface area contributed by atoms with Crippen molar-refractivity contribution in [2.45, 2.75) is 25.7 Å². The van der Waals surface area contributed by atoms with Crippen molar-refractivity contribution in [3.05, 3.63) is 118 Å². The first-order valence-corrected chi connectivity index (χ1v) is 14.2. The first-order chi connectivity index (χ1) is 18.7. The molecule has 2 heteroatoms. The van der Waals surface area contributed by atoms with E-state index in [1.54, 1.807) is 0 Å². The van der Waals surface area contributed by atoms with E-state index in [0.717, 1.165) is 52.1 Å². The van der Waals surface area contributed by atoms with E-state index in [9.17, 15) is 0 Å². The number of benzene rings is 5. The molecule has 182 valence electrons. The Morgan fingerprint density at radius 2 is 1.21 bits per heavy atom. The minimum atomic E-state index is 0.910. The Morgan fingerprint density at radius 1 is 0.553 bits per heavy atom. The first-order valence-electron chi connectivity index (χ1n) is 13.4. The van der Waals surface area contributed by atoms with Crippen LogP contribution in [0.3, 0.4) is 0 Å². The van der Waals surface area contributed by atoms with Gasteiger partial charge in [0.25, 0.3) is 0 Å². The lowest BCUT2D eigenvalue weighted by Gasteiger charge is -2.23. The molecule has 0 spiro atoms. The predicted octanol–water partition coefficient (Wildman–Crippen LogP) is 10.8. The highest BCUT2D eigenvalue weighted by Crippen LogP contribution is 2.40. The van der Waals surface area contributed by atoms with Crippen LogP contribution in [-0.4, -0.2) is 0 Å². The molecule has 2 aliphatic rings. The van der Waals surface area contributed by atoms with Crippen LogP contribution < -0.4 is 0 Å². The maximum absolute atomic E-state index is 6.07. The second-order valence-corrected chi connectivity index (χ2v) is 11.3. The van der Waals surface area contributed by atoms with Crippen molar-refractivity contribution in [2.75, 3.05) is 0 Å². The van der Waals surface area contributed by atoms with Gasteiger partial charge in [-0.3, -0.25) is 0 Å². The molecule has 0 radical (unpaired) electrons. The topological polar surface area (TPSA) is 13.1 Å². The van der Waals surface area contributed by atoms with Gasteiger partial charge in [-0.15, -0.1) is 0 Å². The zero-order chi connectivity index (χ0) is 25.2. The third-order valence-electron chi connectivity index (χ3n) is 8.30.